The Bertz CT molecular complexity index is 714. The highest BCUT2D eigenvalue weighted by molar-refractivity contribution is 7.09. The average molecular weight is 389 g/mol. The van der Waals surface area contributed by atoms with Crippen molar-refractivity contribution in [1.29, 1.82) is 0 Å². The van der Waals surface area contributed by atoms with E-state index >= 15 is 0 Å². The van der Waals surface area contributed by atoms with Crippen LogP contribution in [0.25, 0.3) is 0 Å². The van der Waals surface area contributed by atoms with Crippen LogP contribution in [0.3, 0.4) is 0 Å². The molecule has 1 aliphatic rings. The summed E-state index contributed by atoms with van der Waals surface area (Å²) in [6, 6.07) is 12.0. The topological polar surface area (TPSA) is 42.0 Å². The Morgan fingerprint density at radius 2 is 2.19 bits per heavy atom. The molecule has 3 rings (SSSR count). The smallest absolute Gasteiger partial charge is 0.236 e. The molecule has 1 unspecified atom stereocenters. The van der Waals surface area contributed by atoms with Gasteiger partial charge in [0, 0.05) is 38.2 Å². The van der Waals surface area contributed by atoms with Gasteiger partial charge < -0.3 is 14.4 Å². The van der Waals surface area contributed by atoms with Crippen LogP contribution < -0.4 is 4.74 Å². The molecular formula is C21H28N2O3S. The Kier molecular flexibility index (Phi) is 7.26. The van der Waals surface area contributed by atoms with Gasteiger partial charge in [0.1, 0.15) is 5.75 Å². The third-order valence-corrected chi connectivity index (χ3v) is 5.65. The Morgan fingerprint density at radius 1 is 1.30 bits per heavy atom. The zero-order valence-corrected chi connectivity index (χ0v) is 16.9. The van der Waals surface area contributed by atoms with Gasteiger partial charge in [-0.05, 0) is 42.0 Å². The largest absolute Gasteiger partial charge is 0.497 e. The highest BCUT2D eigenvalue weighted by Crippen LogP contribution is 2.18. The molecule has 27 heavy (non-hydrogen) atoms. The molecule has 1 fully saturated rings. The maximum atomic E-state index is 12.8. The number of rotatable bonds is 9. The lowest BCUT2D eigenvalue weighted by atomic mass is 10.2. The fourth-order valence-electron chi connectivity index (χ4n) is 3.33. The second kappa shape index (κ2) is 9.88. The molecule has 1 aromatic carbocycles. The molecule has 0 N–H and O–H groups in total. The molecule has 5 nitrogen and oxygen atoms in total. The van der Waals surface area contributed by atoms with E-state index in [4.69, 9.17) is 9.47 Å². The van der Waals surface area contributed by atoms with Crippen LogP contribution in [0.5, 0.6) is 5.75 Å². The third kappa shape index (κ3) is 6.06. The monoisotopic (exact) mass is 388 g/mol. The number of thiophene rings is 1. The van der Waals surface area contributed by atoms with Gasteiger partial charge in [0.15, 0.2) is 0 Å². The van der Waals surface area contributed by atoms with Crippen molar-refractivity contribution in [3.8, 4) is 5.75 Å². The molecule has 2 aromatic rings. The van der Waals surface area contributed by atoms with Gasteiger partial charge in [-0.2, -0.15) is 0 Å². The minimum absolute atomic E-state index is 0.118. The van der Waals surface area contributed by atoms with Crippen molar-refractivity contribution in [2.45, 2.75) is 32.0 Å². The summed E-state index contributed by atoms with van der Waals surface area (Å²) in [6.45, 7) is 3.40. The first kappa shape index (κ1) is 19.9. The summed E-state index contributed by atoms with van der Waals surface area (Å²) in [5, 5.41) is 2.08. The summed E-state index contributed by atoms with van der Waals surface area (Å²) in [6.07, 6.45) is 2.43. The number of hydrogen-bond acceptors (Lipinski definition) is 5. The lowest BCUT2D eigenvalue weighted by Gasteiger charge is -2.27. The van der Waals surface area contributed by atoms with Gasteiger partial charge in [0.2, 0.25) is 5.91 Å². The highest BCUT2D eigenvalue weighted by atomic mass is 32.1. The van der Waals surface area contributed by atoms with Crippen LogP contribution in [0.2, 0.25) is 0 Å². The van der Waals surface area contributed by atoms with Crippen LogP contribution in [-0.4, -0.2) is 55.7 Å². The number of nitrogens with zero attached hydrogens (tertiary/aromatic N) is 2. The van der Waals surface area contributed by atoms with E-state index in [9.17, 15) is 4.79 Å². The van der Waals surface area contributed by atoms with E-state index in [1.54, 1.807) is 23.3 Å². The van der Waals surface area contributed by atoms with Gasteiger partial charge in [-0.1, -0.05) is 18.2 Å². The Hall–Kier alpha value is -1.89. The average Bonchev–Trinajstić information content (AvgIpc) is 3.36. The van der Waals surface area contributed by atoms with E-state index in [2.05, 4.69) is 22.4 Å². The number of likely N-dealkylation sites (N-methyl/N-ethyl adjacent to an activating group) is 1. The van der Waals surface area contributed by atoms with Crippen molar-refractivity contribution in [3.05, 3.63) is 52.2 Å². The Labute approximate surface area is 165 Å². The summed E-state index contributed by atoms with van der Waals surface area (Å²) >= 11 is 1.73. The van der Waals surface area contributed by atoms with Gasteiger partial charge in [0.25, 0.3) is 0 Å². The van der Waals surface area contributed by atoms with Crippen LogP contribution in [0.1, 0.15) is 23.3 Å². The number of amides is 1. The van der Waals surface area contributed by atoms with E-state index in [0.29, 0.717) is 13.1 Å². The molecule has 0 radical (unpaired) electrons. The minimum Gasteiger partial charge on any atom is -0.497 e. The number of carbonyl (C=O) groups is 1. The number of benzene rings is 1. The van der Waals surface area contributed by atoms with Crippen LogP contribution >= 0.6 is 11.3 Å². The standard InChI is InChI=1S/C21H28N2O3S/c1-22(13-17-6-3-7-18(12-17)25-2)21(24)16-23(14-19-8-4-10-26-19)15-20-9-5-11-27-20/h3,5-7,9,11-12,19H,4,8,10,13-16H2,1-2H3. The third-order valence-electron chi connectivity index (χ3n) is 4.78. The van der Waals surface area contributed by atoms with Crippen molar-refractivity contribution in [1.82, 2.24) is 9.80 Å². The molecule has 0 aliphatic carbocycles. The molecule has 1 aromatic heterocycles. The Morgan fingerprint density at radius 3 is 2.89 bits per heavy atom. The minimum atomic E-state index is 0.118. The first-order valence-corrected chi connectivity index (χ1v) is 10.2. The summed E-state index contributed by atoms with van der Waals surface area (Å²) in [5.41, 5.74) is 1.06. The summed E-state index contributed by atoms with van der Waals surface area (Å²) in [5.74, 6) is 0.929. The van der Waals surface area contributed by atoms with Gasteiger partial charge in [-0.25, -0.2) is 0 Å². The fourth-order valence-corrected chi connectivity index (χ4v) is 4.08. The molecule has 146 valence electrons. The quantitative estimate of drug-likeness (QED) is 0.660. The predicted octanol–water partition coefficient (Wildman–Crippen LogP) is 3.40. The second-order valence-electron chi connectivity index (χ2n) is 6.99. The molecule has 6 heteroatoms. The summed E-state index contributed by atoms with van der Waals surface area (Å²) < 4.78 is 11.1. The molecule has 1 aliphatic heterocycles. The molecular weight excluding hydrogens is 360 g/mol. The maximum absolute atomic E-state index is 12.8. The van der Waals surface area contributed by atoms with E-state index in [1.165, 1.54) is 4.88 Å². The second-order valence-corrected chi connectivity index (χ2v) is 8.02. The van der Waals surface area contributed by atoms with E-state index in [-0.39, 0.29) is 12.0 Å². The number of hydrogen-bond donors (Lipinski definition) is 0. The number of carbonyl (C=O) groups excluding carboxylic acids is 1. The predicted molar refractivity (Wildman–Crippen MR) is 108 cm³/mol. The molecule has 1 saturated heterocycles. The van der Waals surface area contributed by atoms with Gasteiger partial charge in [-0.15, -0.1) is 11.3 Å². The highest BCUT2D eigenvalue weighted by Gasteiger charge is 2.22. The molecule has 1 amide bonds. The van der Waals surface area contributed by atoms with E-state index < -0.39 is 0 Å². The molecule has 0 spiro atoms. The molecule has 2 heterocycles. The SMILES string of the molecule is COc1cccc(CN(C)C(=O)CN(Cc2cccs2)CC2CCCO2)c1. The molecule has 1 atom stereocenters. The summed E-state index contributed by atoms with van der Waals surface area (Å²) in [7, 11) is 3.51. The Balaban J connectivity index is 1.59. The molecule has 0 bridgehead atoms. The zero-order chi connectivity index (χ0) is 19.1. The normalized spacial score (nSPS) is 16.6. The van der Waals surface area contributed by atoms with Crippen molar-refractivity contribution < 1.29 is 14.3 Å². The van der Waals surface area contributed by atoms with Crippen LogP contribution in [0.4, 0.5) is 0 Å². The number of methoxy groups -OCH3 is 1. The molecule has 0 saturated carbocycles. The van der Waals surface area contributed by atoms with Crippen LogP contribution in [-0.2, 0) is 22.6 Å². The van der Waals surface area contributed by atoms with Crippen molar-refractivity contribution in [2.75, 3.05) is 33.9 Å². The zero-order valence-electron chi connectivity index (χ0n) is 16.1. The lowest BCUT2D eigenvalue weighted by Crippen LogP contribution is -2.40. The lowest BCUT2D eigenvalue weighted by molar-refractivity contribution is -0.132. The van der Waals surface area contributed by atoms with Crippen molar-refractivity contribution in [3.63, 3.8) is 0 Å². The van der Waals surface area contributed by atoms with Crippen LogP contribution in [0, 0.1) is 0 Å². The summed E-state index contributed by atoms with van der Waals surface area (Å²) in [4.78, 5) is 18.1. The van der Waals surface area contributed by atoms with Gasteiger partial charge in [0.05, 0.1) is 19.8 Å². The van der Waals surface area contributed by atoms with E-state index in [1.807, 2.05) is 31.3 Å². The van der Waals surface area contributed by atoms with Crippen LogP contribution in [0.15, 0.2) is 41.8 Å². The maximum Gasteiger partial charge on any atom is 0.236 e. The van der Waals surface area contributed by atoms with Gasteiger partial charge in [-0.3, -0.25) is 9.69 Å². The first-order chi connectivity index (χ1) is 13.1. The van der Waals surface area contributed by atoms with Crippen molar-refractivity contribution >= 4 is 17.2 Å². The first-order valence-electron chi connectivity index (χ1n) is 9.37. The fraction of sp³-hybridized carbons (Fsp3) is 0.476. The van der Waals surface area contributed by atoms with E-state index in [0.717, 1.165) is 43.9 Å². The number of ether oxygens (including phenoxy) is 2. The van der Waals surface area contributed by atoms with Gasteiger partial charge >= 0.3 is 0 Å². The van der Waals surface area contributed by atoms with Crippen molar-refractivity contribution in [2.24, 2.45) is 0 Å².